The molecule has 0 aromatic heterocycles. The van der Waals surface area contributed by atoms with E-state index in [2.05, 4.69) is 0 Å². The Balaban J connectivity index is 1.91. The highest BCUT2D eigenvalue weighted by Crippen LogP contribution is 2.30. The summed E-state index contributed by atoms with van der Waals surface area (Å²) >= 11 is 0. The van der Waals surface area contributed by atoms with Crippen LogP contribution in [0.2, 0.25) is 0 Å². The molecule has 4 heteroatoms. The van der Waals surface area contributed by atoms with Crippen molar-refractivity contribution in [2.24, 2.45) is 0 Å². The van der Waals surface area contributed by atoms with E-state index >= 15 is 0 Å². The molecule has 20 heavy (non-hydrogen) atoms. The van der Waals surface area contributed by atoms with Crippen molar-refractivity contribution in [3.05, 3.63) is 71.8 Å². The Labute approximate surface area is 116 Å². The van der Waals surface area contributed by atoms with Gasteiger partial charge in [0.15, 0.2) is 6.04 Å². The third kappa shape index (κ3) is 2.28. The van der Waals surface area contributed by atoms with Gasteiger partial charge < -0.3 is 4.74 Å². The predicted octanol–water partition coefficient (Wildman–Crippen LogP) is 2.91. The van der Waals surface area contributed by atoms with Crippen molar-refractivity contribution in [1.29, 1.82) is 0 Å². The van der Waals surface area contributed by atoms with Gasteiger partial charge in [-0.1, -0.05) is 60.7 Å². The molecule has 1 aliphatic rings. The van der Waals surface area contributed by atoms with Crippen molar-refractivity contribution in [2.45, 2.75) is 12.6 Å². The third-order valence-corrected chi connectivity index (χ3v) is 3.27. The number of nitrogens with zero attached hydrogens (tertiary/aromatic N) is 1. The van der Waals surface area contributed by atoms with Gasteiger partial charge in [0.05, 0.1) is 6.54 Å². The van der Waals surface area contributed by atoms with Crippen LogP contribution < -0.4 is 0 Å². The maximum absolute atomic E-state index is 11.9. The zero-order chi connectivity index (χ0) is 13.9. The summed E-state index contributed by atoms with van der Waals surface area (Å²) in [7, 11) is 0. The first-order chi connectivity index (χ1) is 9.75. The first kappa shape index (κ1) is 12.4. The lowest BCUT2D eigenvalue weighted by Crippen LogP contribution is -2.27. The van der Waals surface area contributed by atoms with Gasteiger partial charge in [0.25, 0.3) is 0 Å². The van der Waals surface area contributed by atoms with Gasteiger partial charge in [0.2, 0.25) is 0 Å². The van der Waals surface area contributed by atoms with Gasteiger partial charge in [-0.2, -0.15) is 0 Å². The van der Waals surface area contributed by atoms with E-state index in [0.717, 1.165) is 11.1 Å². The normalized spacial score (nSPS) is 18.2. The molecular weight excluding hydrogens is 254 g/mol. The smallest absolute Gasteiger partial charge is 0.374 e. The average Bonchev–Trinajstić information content (AvgIpc) is 2.75. The number of hydrogen-bond acceptors (Lipinski definition) is 3. The molecule has 0 aliphatic carbocycles. The average molecular weight is 267 g/mol. The highest BCUT2D eigenvalue weighted by atomic mass is 16.6. The van der Waals surface area contributed by atoms with Crippen LogP contribution in [0.5, 0.6) is 0 Å². The number of cyclic esters (lactones) is 2. The molecule has 1 fully saturated rings. The highest BCUT2D eigenvalue weighted by molar-refractivity contribution is 5.96. The molecular formula is C16H13NO3. The molecule has 2 aromatic rings. The fourth-order valence-electron chi connectivity index (χ4n) is 2.32. The maximum Gasteiger partial charge on any atom is 0.418 e. The van der Waals surface area contributed by atoms with Crippen LogP contribution in [-0.4, -0.2) is 17.0 Å². The fraction of sp³-hybridized carbons (Fsp3) is 0.125. The van der Waals surface area contributed by atoms with E-state index in [1.165, 1.54) is 4.90 Å². The van der Waals surface area contributed by atoms with E-state index in [0.29, 0.717) is 6.54 Å². The molecule has 0 spiro atoms. The van der Waals surface area contributed by atoms with Gasteiger partial charge >= 0.3 is 12.1 Å². The molecule has 0 unspecified atom stereocenters. The lowest BCUT2D eigenvalue weighted by molar-refractivity contribution is -0.136. The Morgan fingerprint density at radius 3 is 2.15 bits per heavy atom. The summed E-state index contributed by atoms with van der Waals surface area (Å²) in [5.41, 5.74) is 1.72. The van der Waals surface area contributed by atoms with Crippen LogP contribution in [0.3, 0.4) is 0 Å². The second-order valence-corrected chi connectivity index (χ2v) is 4.61. The number of benzene rings is 2. The van der Waals surface area contributed by atoms with Gasteiger partial charge in [0, 0.05) is 0 Å². The molecule has 4 nitrogen and oxygen atoms in total. The van der Waals surface area contributed by atoms with Gasteiger partial charge in [0.1, 0.15) is 0 Å². The Morgan fingerprint density at radius 2 is 1.50 bits per heavy atom. The second kappa shape index (κ2) is 5.17. The van der Waals surface area contributed by atoms with Crippen LogP contribution in [0.4, 0.5) is 4.79 Å². The molecule has 1 aliphatic heterocycles. The topological polar surface area (TPSA) is 46.6 Å². The van der Waals surface area contributed by atoms with Crippen LogP contribution >= 0.6 is 0 Å². The van der Waals surface area contributed by atoms with E-state index in [1.54, 1.807) is 0 Å². The van der Waals surface area contributed by atoms with Crippen LogP contribution in [0, 0.1) is 0 Å². The number of carbonyl (C=O) groups excluding carboxylic acids is 2. The van der Waals surface area contributed by atoms with Crippen molar-refractivity contribution in [3.63, 3.8) is 0 Å². The number of esters is 1. The Bertz CT molecular complexity index is 625. The molecule has 1 amide bonds. The van der Waals surface area contributed by atoms with E-state index in [1.807, 2.05) is 60.7 Å². The van der Waals surface area contributed by atoms with Crippen molar-refractivity contribution >= 4 is 12.1 Å². The Morgan fingerprint density at radius 1 is 0.900 bits per heavy atom. The summed E-state index contributed by atoms with van der Waals surface area (Å²) < 4.78 is 4.76. The van der Waals surface area contributed by atoms with Crippen LogP contribution in [0.15, 0.2) is 60.7 Å². The molecule has 0 radical (unpaired) electrons. The highest BCUT2D eigenvalue weighted by Gasteiger charge is 2.41. The second-order valence-electron chi connectivity index (χ2n) is 4.61. The summed E-state index contributed by atoms with van der Waals surface area (Å²) in [6.07, 6.45) is -0.590. The summed E-state index contributed by atoms with van der Waals surface area (Å²) in [5.74, 6) is -0.517. The van der Waals surface area contributed by atoms with E-state index in [4.69, 9.17) is 4.74 Å². The molecule has 1 saturated heterocycles. The van der Waals surface area contributed by atoms with Crippen LogP contribution in [0.1, 0.15) is 17.2 Å². The minimum atomic E-state index is -0.663. The minimum absolute atomic E-state index is 0.352. The van der Waals surface area contributed by atoms with Gasteiger partial charge in [-0.15, -0.1) is 0 Å². The zero-order valence-corrected chi connectivity index (χ0v) is 10.7. The molecule has 0 saturated carbocycles. The fourth-order valence-corrected chi connectivity index (χ4v) is 2.32. The van der Waals surface area contributed by atoms with Crippen molar-refractivity contribution in [1.82, 2.24) is 4.90 Å². The summed E-state index contributed by atoms with van der Waals surface area (Å²) in [4.78, 5) is 25.2. The largest absolute Gasteiger partial charge is 0.418 e. The Kier molecular flexibility index (Phi) is 3.21. The SMILES string of the molecule is O=C1OC(=O)N(Cc2ccccc2)[C@@H]1c1ccccc1. The number of ether oxygens (including phenoxy) is 1. The van der Waals surface area contributed by atoms with E-state index in [9.17, 15) is 9.59 Å². The van der Waals surface area contributed by atoms with E-state index in [-0.39, 0.29) is 0 Å². The first-order valence-corrected chi connectivity index (χ1v) is 6.37. The van der Waals surface area contributed by atoms with Crippen molar-refractivity contribution < 1.29 is 14.3 Å². The number of amides is 1. The van der Waals surface area contributed by atoms with Gasteiger partial charge in [-0.05, 0) is 11.1 Å². The minimum Gasteiger partial charge on any atom is -0.374 e. The number of carbonyl (C=O) groups is 2. The summed E-state index contributed by atoms with van der Waals surface area (Å²) in [6, 6.07) is 18.1. The van der Waals surface area contributed by atoms with E-state index < -0.39 is 18.1 Å². The molecule has 1 atom stereocenters. The van der Waals surface area contributed by atoms with Gasteiger partial charge in [-0.25, -0.2) is 9.59 Å². The molecule has 1 heterocycles. The van der Waals surface area contributed by atoms with Crippen LogP contribution in [0.25, 0.3) is 0 Å². The maximum atomic E-state index is 11.9. The lowest BCUT2D eigenvalue weighted by atomic mass is 10.1. The molecule has 3 rings (SSSR count). The van der Waals surface area contributed by atoms with Crippen LogP contribution in [-0.2, 0) is 16.1 Å². The summed E-state index contributed by atoms with van der Waals surface area (Å²) in [5, 5.41) is 0. The molecule has 2 aromatic carbocycles. The predicted molar refractivity (Wildman–Crippen MR) is 72.7 cm³/mol. The third-order valence-electron chi connectivity index (χ3n) is 3.27. The molecule has 100 valence electrons. The zero-order valence-electron chi connectivity index (χ0n) is 10.7. The standard InChI is InChI=1S/C16H13NO3/c18-15-14(13-9-5-2-6-10-13)17(16(19)20-15)11-12-7-3-1-4-8-12/h1-10,14H,11H2/t14-/m1/s1. The quantitative estimate of drug-likeness (QED) is 0.634. The van der Waals surface area contributed by atoms with Gasteiger partial charge in [-0.3, -0.25) is 4.90 Å². The van der Waals surface area contributed by atoms with Crippen molar-refractivity contribution in [2.75, 3.05) is 0 Å². The summed E-state index contributed by atoms with van der Waals surface area (Å²) in [6.45, 7) is 0.352. The monoisotopic (exact) mass is 267 g/mol. The number of rotatable bonds is 3. The first-order valence-electron chi connectivity index (χ1n) is 6.37. The molecule has 0 bridgehead atoms. The van der Waals surface area contributed by atoms with Crippen molar-refractivity contribution in [3.8, 4) is 0 Å². The lowest BCUT2D eigenvalue weighted by Gasteiger charge is -2.20. The number of hydrogen-bond donors (Lipinski definition) is 0. The Hall–Kier alpha value is -2.62. The molecule has 0 N–H and O–H groups in total.